The van der Waals surface area contributed by atoms with E-state index in [0.717, 1.165) is 0 Å². The molecule has 0 radical (unpaired) electrons. The number of amides is 3. The number of hydrogen-bond donors (Lipinski definition) is 11. The average Bonchev–Trinajstić information content (AvgIpc) is 3.11. The number of fused-ring (bicyclic) bond motifs is 1. The number of carbonyl (C=O) groups excluding carboxylic acids is 5. The summed E-state index contributed by atoms with van der Waals surface area (Å²) in [5.74, 6) is -6.55. The first-order valence-electron chi connectivity index (χ1n) is 16.9. The van der Waals surface area contributed by atoms with E-state index in [1.807, 2.05) is 0 Å². The van der Waals surface area contributed by atoms with E-state index in [4.69, 9.17) is 42.1 Å². The van der Waals surface area contributed by atoms with Gasteiger partial charge < -0.3 is 11.1 Å². The summed E-state index contributed by atoms with van der Waals surface area (Å²) < 4.78 is 9.59. The first kappa shape index (κ1) is 45.3. The second kappa shape index (κ2) is 20.2. The topological polar surface area (TPSA) is 388 Å². The van der Waals surface area contributed by atoms with Gasteiger partial charge in [-0.25, -0.2) is 9.97 Å². The van der Waals surface area contributed by atoms with Gasteiger partial charge in [0.25, 0.3) is 5.56 Å². The minimum atomic E-state index is -5.29. The summed E-state index contributed by atoms with van der Waals surface area (Å²) >= 11 is 5.91. The molecule has 0 saturated carbocycles. The number of aliphatic carboxylic acids is 2. The van der Waals surface area contributed by atoms with Crippen LogP contribution in [-0.2, 0) is 44.4 Å². The molecular weight excluding hydrogens is 799 g/mol. The number of benzene rings is 1. The molecule has 3 rings (SSSR count). The molecule has 0 bridgehead atoms. The van der Waals surface area contributed by atoms with Crippen molar-refractivity contribution in [3.63, 3.8) is 0 Å². The van der Waals surface area contributed by atoms with E-state index in [1.165, 1.54) is 25.4 Å². The summed E-state index contributed by atoms with van der Waals surface area (Å²) in [5, 5.41) is 31.2. The van der Waals surface area contributed by atoms with Gasteiger partial charge in [-0.05, 0) is 17.7 Å². The van der Waals surface area contributed by atoms with Gasteiger partial charge in [-0.1, -0.05) is 12.1 Å². The Balaban J connectivity index is 1.37. The Labute approximate surface area is 327 Å². The molecule has 57 heavy (non-hydrogen) atoms. The average molecular weight is 841 g/mol. The summed E-state index contributed by atoms with van der Waals surface area (Å²) in [7, 11) is 1.43. The molecule has 2 atom stereocenters. The van der Waals surface area contributed by atoms with E-state index in [-0.39, 0.29) is 73.8 Å². The van der Waals surface area contributed by atoms with Crippen LogP contribution in [-0.4, -0.2) is 104 Å². The number of anilines is 2. The number of halogens is 1. The fraction of sp³-hybridized carbons (Fsp3) is 0.387. The number of aromatic amines is 1. The molecule has 0 saturated heterocycles. The normalized spacial score (nSPS) is 12.9. The number of aromatic nitrogens is 4. The molecule has 0 aliphatic heterocycles. The second-order valence-corrected chi connectivity index (χ2v) is 16.5. The summed E-state index contributed by atoms with van der Waals surface area (Å²) in [4.78, 5) is 111. The van der Waals surface area contributed by atoms with Crippen LogP contribution in [0.25, 0.3) is 11.2 Å². The summed E-state index contributed by atoms with van der Waals surface area (Å²) in [6.45, 7) is -5.64. The third-order valence-electron chi connectivity index (χ3n) is 7.56. The van der Waals surface area contributed by atoms with Crippen molar-refractivity contribution < 1.29 is 52.8 Å². The van der Waals surface area contributed by atoms with Crippen LogP contribution in [0.3, 0.4) is 0 Å². The van der Waals surface area contributed by atoms with E-state index in [2.05, 4.69) is 46.5 Å². The van der Waals surface area contributed by atoms with Crippen molar-refractivity contribution in [1.29, 1.82) is 0 Å². The van der Waals surface area contributed by atoms with Gasteiger partial charge in [-0.2, -0.15) is 4.98 Å². The molecule has 0 aliphatic carbocycles. The quantitative estimate of drug-likeness (QED) is 0.0524. The van der Waals surface area contributed by atoms with Crippen LogP contribution in [0.2, 0.25) is 0 Å². The fourth-order valence-electron chi connectivity index (χ4n) is 4.72. The van der Waals surface area contributed by atoms with Gasteiger partial charge in [-0.3, -0.25) is 9.78 Å². The Morgan fingerprint density at radius 2 is 1.40 bits per heavy atom. The SMILES string of the molecule is CNC(CCC(=O)NCCC(=O)OP(N)(N)(Cl)OC(=O)CCNC(=O)CCC(NC(=O)c1ccc(CNc2cnc3nc(N)[nH]c(=O)c3n2)cc1)C(=O)O)C(=O)O. The number of nitrogens with one attached hydrogen (secondary N) is 6. The van der Waals surface area contributed by atoms with Crippen LogP contribution < -0.4 is 48.9 Å². The molecule has 0 aliphatic rings. The number of likely N-dealkylation sites (N-methyl/N-ethyl adjacent to an activating group) is 1. The number of carboxylic acid groups (broad SMARTS) is 2. The van der Waals surface area contributed by atoms with Crippen LogP contribution in [0.15, 0.2) is 35.3 Å². The molecule has 3 amide bonds. The van der Waals surface area contributed by atoms with Crippen LogP contribution in [0.5, 0.6) is 0 Å². The van der Waals surface area contributed by atoms with Gasteiger partial charge in [0.1, 0.15) is 5.82 Å². The number of carbonyl (C=O) groups is 7. The van der Waals surface area contributed by atoms with Crippen LogP contribution in [0, 0.1) is 0 Å². The van der Waals surface area contributed by atoms with Crippen molar-refractivity contribution in [3.05, 3.63) is 51.9 Å². The number of nitrogens with two attached hydrogens (primary N) is 3. The van der Waals surface area contributed by atoms with Crippen molar-refractivity contribution in [2.24, 2.45) is 11.0 Å². The van der Waals surface area contributed by atoms with Crippen molar-refractivity contribution in [1.82, 2.24) is 41.2 Å². The third kappa shape index (κ3) is 15.5. The maximum absolute atomic E-state index is 12.8. The van der Waals surface area contributed by atoms with E-state index < -0.39 is 78.8 Å². The molecule has 3 aromatic rings. The zero-order chi connectivity index (χ0) is 42.4. The number of hydrogen-bond acceptors (Lipinski definition) is 18. The minimum absolute atomic E-state index is 0.00464. The van der Waals surface area contributed by atoms with Gasteiger partial charge in [0.05, 0.1) is 6.20 Å². The zero-order valence-corrected chi connectivity index (χ0v) is 31.9. The van der Waals surface area contributed by atoms with Crippen molar-refractivity contribution in [2.45, 2.75) is 57.2 Å². The molecule has 2 heterocycles. The Morgan fingerprint density at radius 1 is 0.860 bits per heavy atom. The molecule has 24 nitrogen and oxygen atoms in total. The van der Waals surface area contributed by atoms with Gasteiger partial charge in [0.2, 0.25) is 5.95 Å². The van der Waals surface area contributed by atoms with Crippen LogP contribution in [0.4, 0.5) is 11.8 Å². The first-order valence-corrected chi connectivity index (χ1v) is 20.0. The van der Waals surface area contributed by atoms with E-state index >= 15 is 0 Å². The predicted molar refractivity (Wildman–Crippen MR) is 203 cm³/mol. The van der Waals surface area contributed by atoms with Crippen molar-refractivity contribution in [3.8, 4) is 0 Å². The molecule has 14 N–H and O–H groups in total. The Kier molecular flexibility index (Phi) is 16.1. The second-order valence-electron chi connectivity index (χ2n) is 12.2. The van der Waals surface area contributed by atoms with Crippen molar-refractivity contribution in [2.75, 3.05) is 31.2 Å². The van der Waals surface area contributed by atoms with Crippen LogP contribution >= 0.6 is 18.0 Å². The molecule has 2 aromatic heterocycles. The molecule has 26 heteroatoms. The fourth-order valence-corrected chi connectivity index (χ4v) is 6.19. The summed E-state index contributed by atoms with van der Waals surface area (Å²) in [6, 6.07) is 3.75. The Morgan fingerprint density at radius 3 is 1.93 bits per heavy atom. The number of nitrogens with zero attached hydrogens (tertiary/aromatic N) is 3. The van der Waals surface area contributed by atoms with Gasteiger partial charge in [0, 0.05) is 6.54 Å². The maximum atomic E-state index is 12.8. The van der Waals surface area contributed by atoms with Gasteiger partial charge >= 0.3 is 221 Å². The van der Waals surface area contributed by atoms with E-state index in [0.29, 0.717) is 5.56 Å². The van der Waals surface area contributed by atoms with E-state index in [9.17, 15) is 43.5 Å². The third-order valence-corrected chi connectivity index (χ3v) is 9.09. The first-order chi connectivity index (χ1) is 26.7. The molecule has 0 fully saturated rings. The van der Waals surface area contributed by atoms with Crippen molar-refractivity contribution >= 4 is 82.5 Å². The van der Waals surface area contributed by atoms with E-state index in [1.54, 1.807) is 12.1 Å². The Bertz CT molecular complexity index is 2040. The monoisotopic (exact) mass is 840 g/mol. The molecule has 0 spiro atoms. The number of nitrogen functional groups attached to an aromatic ring is 1. The van der Waals surface area contributed by atoms with Crippen LogP contribution in [0.1, 0.15) is 54.4 Å². The number of rotatable bonds is 22. The summed E-state index contributed by atoms with van der Waals surface area (Å²) in [6.07, 6.45) is -0.463. The van der Waals surface area contributed by atoms with Gasteiger partial charge in [-0.15, -0.1) is 0 Å². The van der Waals surface area contributed by atoms with Gasteiger partial charge in [0.15, 0.2) is 11.2 Å². The molecule has 2 unspecified atom stereocenters. The standard InChI is InChI=1S/C31H42ClN12O12P/c1-36-18(29(51)52)6-8-21(45)37-12-10-23(47)55-57(32,34,35)56-24(48)11-13-38-22(46)9-7-19(30(53)54)41-27(49)17-4-2-16(3-5-17)14-39-20-15-40-26-25(42-20)28(50)44-31(33)43-26/h2-5,15,18-19,36H,6-14,34-35H2,1H3,(H,37,45)(H,38,46)(H,39,42)(H,41,49)(H,51,52)(H,53,54)(H3,33,40,43,44,50). The Hall–Kier alpha value is -6.07. The number of H-pyrrole nitrogens is 1. The predicted octanol–water partition coefficient (Wildman–Crippen LogP) is -1.29. The number of carboxylic acids is 2. The molecule has 1 aromatic carbocycles. The molecular formula is C31H42ClN12O12P. The molecule has 310 valence electrons. The summed E-state index contributed by atoms with van der Waals surface area (Å²) in [5.41, 5.74) is 17.1. The zero-order valence-electron chi connectivity index (χ0n) is 30.3.